The third-order valence-corrected chi connectivity index (χ3v) is 5.86. The van der Waals surface area contributed by atoms with Gasteiger partial charge in [-0.2, -0.15) is 18.2 Å². The first-order valence-electron chi connectivity index (χ1n) is 10.5. The van der Waals surface area contributed by atoms with Crippen molar-refractivity contribution in [2.24, 2.45) is 4.99 Å². The topological polar surface area (TPSA) is 81.3 Å². The van der Waals surface area contributed by atoms with Gasteiger partial charge in [0.15, 0.2) is 0 Å². The number of carbonyl (C=O) groups is 2. The predicted octanol–water partition coefficient (Wildman–Crippen LogP) is 4.32. The maximum atomic E-state index is 13.0. The first-order chi connectivity index (χ1) is 15.7. The van der Waals surface area contributed by atoms with Crippen molar-refractivity contribution >= 4 is 22.8 Å². The molecule has 1 atom stereocenters. The summed E-state index contributed by atoms with van der Waals surface area (Å²) in [6.07, 6.45) is -0.571. The van der Waals surface area contributed by atoms with E-state index < -0.39 is 17.6 Å². The second kappa shape index (κ2) is 8.73. The summed E-state index contributed by atoms with van der Waals surface area (Å²) in [4.78, 5) is 36.8. The van der Waals surface area contributed by atoms with Gasteiger partial charge in [-0.05, 0) is 60.7 Å². The van der Waals surface area contributed by atoms with E-state index in [0.717, 1.165) is 36.1 Å². The minimum atomic E-state index is -4.55. The lowest BCUT2D eigenvalue weighted by Gasteiger charge is -2.15. The lowest BCUT2D eigenvalue weighted by Crippen LogP contribution is -2.22. The number of fused-ring (bicyclic) bond motifs is 1. The van der Waals surface area contributed by atoms with Crippen molar-refractivity contribution in [1.82, 2.24) is 14.9 Å². The molecule has 3 aromatic rings. The van der Waals surface area contributed by atoms with Crippen LogP contribution in [0.2, 0.25) is 0 Å². The summed E-state index contributed by atoms with van der Waals surface area (Å²) in [6.45, 7) is 4.45. The fourth-order valence-electron chi connectivity index (χ4n) is 4.11. The van der Waals surface area contributed by atoms with Crippen LogP contribution in [-0.2, 0) is 17.4 Å². The first-order valence-corrected chi connectivity index (χ1v) is 10.5. The summed E-state index contributed by atoms with van der Waals surface area (Å²) in [6, 6.07) is 7.96. The molecule has 2 N–H and O–H groups in total. The van der Waals surface area contributed by atoms with Gasteiger partial charge in [-0.15, -0.1) is 6.58 Å². The van der Waals surface area contributed by atoms with E-state index in [1.54, 1.807) is 11.9 Å². The van der Waals surface area contributed by atoms with Crippen molar-refractivity contribution in [2.75, 3.05) is 13.6 Å². The zero-order valence-electron chi connectivity index (χ0n) is 18.0. The van der Waals surface area contributed by atoms with Crippen LogP contribution in [0.5, 0.6) is 0 Å². The third kappa shape index (κ3) is 4.62. The van der Waals surface area contributed by atoms with E-state index in [2.05, 4.69) is 21.5 Å². The normalized spacial score (nSPS) is 17.2. The van der Waals surface area contributed by atoms with E-state index in [1.165, 1.54) is 12.1 Å². The van der Waals surface area contributed by atoms with Crippen LogP contribution >= 0.6 is 0 Å². The zero-order chi connectivity index (χ0) is 23.8. The molecular weight excluding hydrogens is 433 g/mol. The van der Waals surface area contributed by atoms with E-state index in [4.69, 9.17) is 0 Å². The van der Waals surface area contributed by atoms with Crippen molar-refractivity contribution in [1.29, 1.82) is 0 Å². The number of carbonyl (C=O) groups excluding carboxylic acids is 2. The molecule has 33 heavy (non-hydrogen) atoms. The van der Waals surface area contributed by atoms with Crippen molar-refractivity contribution in [2.45, 2.75) is 31.4 Å². The number of hydrogen-bond acceptors (Lipinski definition) is 2. The van der Waals surface area contributed by atoms with Crippen LogP contribution in [0.4, 0.5) is 13.2 Å². The molecule has 1 saturated heterocycles. The van der Waals surface area contributed by atoms with Gasteiger partial charge in [0.2, 0.25) is 11.5 Å². The Labute approximate surface area is 187 Å². The highest BCUT2D eigenvalue weighted by Gasteiger charge is 2.32. The van der Waals surface area contributed by atoms with E-state index in [9.17, 15) is 22.8 Å². The van der Waals surface area contributed by atoms with Crippen LogP contribution < -0.4 is 5.62 Å². The Bertz CT molecular complexity index is 1300. The predicted molar refractivity (Wildman–Crippen MR) is 117 cm³/mol. The van der Waals surface area contributed by atoms with Gasteiger partial charge in [-0.25, -0.2) is 0 Å². The number of amides is 2. The number of imidazole rings is 1. The molecule has 0 aliphatic carbocycles. The quantitative estimate of drug-likeness (QED) is 0.561. The summed E-state index contributed by atoms with van der Waals surface area (Å²) in [7, 11) is 1.78. The average Bonchev–Trinajstić information content (AvgIpc) is 3.32. The number of hydrogen-bond donors (Lipinski definition) is 2. The summed E-state index contributed by atoms with van der Waals surface area (Å²) < 4.78 is 38.9. The number of likely N-dealkylation sites (N-methyl/N-ethyl adjacent to an activating group) is 1. The van der Waals surface area contributed by atoms with Crippen molar-refractivity contribution in [3.05, 3.63) is 76.9 Å². The first kappa shape index (κ1) is 22.6. The van der Waals surface area contributed by atoms with Crippen LogP contribution in [0, 0.1) is 0 Å². The Morgan fingerprint density at radius 2 is 1.97 bits per heavy atom. The van der Waals surface area contributed by atoms with Gasteiger partial charge in [-0.1, -0.05) is 12.1 Å². The van der Waals surface area contributed by atoms with Crippen molar-refractivity contribution < 1.29 is 22.8 Å². The molecule has 6 nitrogen and oxygen atoms in total. The molecule has 4 rings (SSSR count). The molecular formula is C24H23F3N4O2. The summed E-state index contributed by atoms with van der Waals surface area (Å²) in [5, 5.41) is 0. The Hall–Kier alpha value is -3.62. The maximum Gasteiger partial charge on any atom is 0.416 e. The van der Waals surface area contributed by atoms with E-state index in [0.29, 0.717) is 24.0 Å². The number of alkyl halides is 3. The molecule has 0 radical (unpaired) electrons. The molecule has 1 fully saturated rings. The van der Waals surface area contributed by atoms with Crippen LogP contribution in [0.1, 0.15) is 45.8 Å². The van der Waals surface area contributed by atoms with Crippen LogP contribution in [-0.4, -0.2) is 40.3 Å². The monoisotopic (exact) mass is 456 g/mol. The third-order valence-electron chi connectivity index (χ3n) is 5.86. The van der Waals surface area contributed by atoms with E-state index >= 15 is 0 Å². The van der Waals surface area contributed by atoms with Gasteiger partial charge in [0.25, 0.3) is 5.91 Å². The summed E-state index contributed by atoms with van der Waals surface area (Å²) in [5.41, 5.74) is 2.31. The molecule has 0 bridgehead atoms. The molecule has 0 spiro atoms. The number of H-pyrrole nitrogens is 2. The van der Waals surface area contributed by atoms with Gasteiger partial charge in [0, 0.05) is 19.2 Å². The fourth-order valence-corrected chi connectivity index (χ4v) is 4.11. The number of likely N-dealkylation sites (tertiary alicyclic amines) is 1. The molecule has 2 aromatic carbocycles. The standard InChI is InChI=1S/C24H23F3N4O2/c1-3-4-6-14-12-19-20(13-18(14)17-9-10-31(2)22(17)33)29-23(28-19)30-21(32)15-7-5-8-16(11-15)24(25,26)27/h3,5,7-8,11-13,17H,1,4,6,9-10H2,2H3,(H2,28,29,30,32). The van der Waals surface area contributed by atoms with Crippen molar-refractivity contribution in [3.63, 3.8) is 0 Å². The molecule has 2 heterocycles. The SMILES string of the molecule is C=CCCc1cc2[nH]/c(=N\C(=O)c3cccc(C(F)(F)F)c3)[nH]c2cc1C1CCN(C)C1=O. The second-order valence-corrected chi connectivity index (χ2v) is 8.12. The maximum absolute atomic E-state index is 13.0. The molecule has 9 heteroatoms. The van der Waals surface area contributed by atoms with Crippen LogP contribution in [0.3, 0.4) is 0 Å². The van der Waals surface area contributed by atoms with Crippen LogP contribution in [0.25, 0.3) is 11.0 Å². The number of aryl methyl sites for hydroxylation is 1. The highest BCUT2D eigenvalue weighted by molar-refractivity contribution is 5.95. The number of nitrogens with zero attached hydrogens (tertiary/aromatic N) is 2. The van der Waals surface area contributed by atoms with Crippen LogP contribution in [0.15, 0.2) is 54.0 Å². The molecule has 2 amide bonds. The highest BCUT2D eigenvalue weighted by Crippen LogP contribution is 2.33. The summed E-state index contributed by atoms with van der Waals surface area (Å²) >= 11 is 0. The minimum absolute atomic E-state index is 0.0642. The highest BCUT2D eigenvalue weighted by atomic mass is 19.4. The number of halogens is 3. The van der Waals surface area contributed by atoms with Gasteiger partial charge in [-0.3, -0.25) is 9.59 Å². The number of aromatic amines is 2. The molecule has 1 unspecified atom stereocenters. The fraction of sp³-hybridized carbons (Fsp3) is 0.292. The lowest BCUT2D eigenvalue weighted by molar-refractivity contribution is -0.137. The Balaban J connectivity index is 1.73. The molecule has 1 aromatic heterocycles. The smallest absolute Gasteiger partial charge is 0.345 e. The van der Waals surface area contributed by atoms with E-state index in [1.807, 2.05) is 18.2 Å². The van der Waals surface area contributed by atoms with Gasteiger partial charge < -0.3 is 14.9 Å². The minimum Gasteiger partial charge on any atom is -0.345 e. The Kier molecular flexibility index (Phi) is 5.97. The number of benzene rings is 2. The average molecular weight is 456 g/mol. The van der Waals surface area contributed by atoms with E-state index in [-0.39, 0.29) is 23.0 Å². The molecule has 1 aliphatic heterocycles. The molecule has 0 saturated carbocycles. The molecule has 1 aliphatic rings. The number of rotatable bonds is 5. The Morgan fingerprint density at radius 3 is 2.61 bits per heavy atom. The molecule has 172 valence electrons. The van der Waals surface area contributed by atoms with Gasteiger partial charge in [0.1, 0.15) is 0 Å². The number of nitrogens with one attached hydrogen (secondary N) is 2. The lowest BCUT2D eigenvalue weighted by atomic mass is 9.90. The van der Waals surface area contributed by atoms with Gasteiger partial charge >= 0.3 is 6.18 Å². The largest absolute Gasteiger partial charge is 0.416 e. The second-order valence-electron chi connectivity index (χ2n) is 8.12. The number of aromatic nitrogens is 2. The van der Waals surface area contributed by atoms with Gasteiger partial charge in [0.05, 0.1) is 22.5 Å². The van der Waals surface area contributed by atoms with Crippen molar-refractivity contribution in [3.8, 4) is 0 Å². The summed E-state index contributed by atoms with van der Waals surface area (Å²) in [5.74, 6) is -0.979. The Morgan fingerprint density at radius 1 is 1.24 bits per heavy atom. The zero-order valence-corrected chi connectivity index (χ0v) is 18.0. The number of allylic oxidation sites excluding steroid dienone is 1.